The van der Waals surface area contributed by atoms with Crippen molar-refractivity contribution in [2.45, 2.75) is 17.4 Å². The molecule has 9 heteroatoms. The van der Waals surface area contributed by atoms with Crippen molar-refractivity contribution in [3.05, 3.63) is 48.3 Å². The van der Waals surface area contributed by atoms with E-state index in [1.165, 1.54) is 31.4 Å². The summed E-state index contributed by atoms with van der Waals surface area (Å²) >= 11 is 1.12. The number of halogens is 1. The number of carbonyl (C=O) groups is 1. The van der Waals surface area contributed by atoms with Gasteiger partial charge in [0.25, 0.3) is 11.1 Å². The molecule has 0 saturated heterocycles. The number of aromatic nitrogens is 2. The number of nitrogens with one attached hydrogen (secondary N) is 1. The van der Waals surface area contributed by atoms with Crippen molar-refractivity contribution in [2.24, 2.45) is 0 Å². The van der Waals surface area contributed by atoms with Crippen LogP contribution < -0.4 is 14.8 Å². The van der Waals surface area contributed by atoms with Crippen molar-refractivity contribution in [1.82, 2.24) is 10.2 Å². The quantitative estimate of drug-likeness (QED) is 0.597. The number of carbonyl (C=O) groups excluding carboxylic acids is 1. The molecular formula is C19H18FN3O4S. The standard InChI is InChI=1S/C19H18FN3O4S/c1-11(17(24)21-13-6-4-12(20)5-7-13)28-19-23-22-18(27-19)15-9-8-14(25-2)10-16(15)26-3/h4-11H,1-3H3,(H,21,24)/t11-/m1/s1. The molecule has 0 spiro atoms. The predicted octanol–water partition coefficient (Wildman–Crippen LogP) is 4.01. The van der Waals surface area contributed by atoms with Gasteiger partial charge in [-0.1, -0.05) is 11.8 Å². The van der Waals surface area contributed by atoms with Gasteiger partial charge in [0.15, 0.2) is 0 Å². The van der Waals surface area contributed by atoms with Gasteiger partial charge in [-0.3, -0.25) is 4.79 Å². The lowest BCUT2D eigenvalue weighted by atomic mass is 10.2. The number of thioether (sulfide) groups is 1. The molecular weight excluding hydrogens is 385 g/mol. The van der Waals surface area contributed by atoms with E-state index in [-0.39, 0.29) is 22.8 Å². The molecule has 0 bridgehead atoms. The van der Waals surface area contributed by atoms with Crippen LogP contribution in [0.15, 0.2) is 52.1 Å². The van der Waals surface area contributed by atoms with E-state index in [9.17, 15) is 9.18 Å². The molecule has 1 heterocycles. The van der Waals surface area contributed by atoms with Gasteiger partial charge in [0.1, 0.15) is 17.3 Å². The SMILES string of the molecule is COc1ccc(-c2nnc(S[C@H](C)C(=O)Nc3ccc(F)cc3)o2)c(OC)c1. The Labute approximate surface area is 165 Å². The van der Waals surface area contributed by atoms with E-state index in [0.717, 1.165) is 11.8 Å². The largest absolute Gasteiger partial charge is 0.497 e. The molecule has 0 aliphatic heterocycles. The van der Waals surface area contributed by atoms with Gasteiger partial charge in [0, 0.05) is 11.8 Å². The third-order valence-electron chi connectivity index (χ3n) is 3.80. The molecule has 1 amide bonds. The molecule has 3 aromatic rings. The number of amides is 1. The maximum atomic E-state index is 12.9. The van der Waals surface area contributed by atoms with Gasteiger partial charge in [-0.2, -0.15) is 0 Å². The number of anilines is 1. The number of ether oxygens (including phenoxy) is 2. The zero-order valence-corrected chi connectivity index (χ0v) is 16.2. The van der Waals surface area contributed by atoms with Gasteiger partial charge in [-0.05, 0) is 43.3 Å². The molecule has 1 N–H and O–H groups in total. The minimum Gasteiger partial charge on any atom is -0.497 e. The first kappa shape index (κ1) is 19.7. The van der Waals surface area contributed by atoms with Gasteiger partial charge < -0.3 is 19.2 Å². The summed E-state index contributed by atoms with van der Waals surface area (Å²) in [5, 5.41) is 10.5. The molecule has 1 atom stereocenters. The first-order valence-electron chi connectivity index (χ1n) is 8.29. The summed E-state index contributed by atoms with van der Waals surface area (Å²) in [6, 6.07) is 10.8. The number of hydrogen-bond donors (Lipinski definition) is 1. The minimum atomic E-state index is -0.504. The zero-order chi connectivity index (χ0) is 20.1. The van der Waals surface area contributed by atoms with Crippen molar-refractivity contribution in [1.29, 1.82) is 0 Å². The summed E-state index contributed by atoms with van der Waals surface area (Å²) in [5.41, 5.74) is 1.12. The number of rotatable bonds is 7. The number of benzene rings is 2. The van der Waals surface area contributed by atoms with Crippen LogP contribution in [-0.2, 0) is 4.79 Å². The zero-order valence-electron chi connectivity index (χ0n) is 15.4. The molecule has 1 aromatic heterocycles. The smallest absolute Gasteiger partial charge is 0.277 e. The summed E-state index contributed by atoms with van der Waals surface area (Å²) in [7, 11) is 3.10. The van der Waals surface area contributed by atoms with E-state index >= 15 is 0 Å². The van der Waals surface area contributed by atoms with Crippen LogP contribution in [0.2, 0.25) is 0 Å². The summed E-state index contributed by atoms with van der Waals surface area (Å²) in [6.45, 7) is 1.71. The van der Waals surface area contributed by atoms with Crippen LogP contribution in [0.5, 0.6) is 11.5 Å². The number of methoxy groups -OCH3 is 2. The highest BCUT2D eigenvalue weighted by molar-refractivity contribution is 8.00. The maximum Gasteiger partial charge on any atom is 0.277 e. The van der Waals surface area contributed by atoms with E-state index in [4.69, 9.17) is 13.9 Å². The molecule has 0 aliphatic rings. The second-order valence-electron chi connectivity index (χ2n) is 5.70. The van der Waals surface area contributed by atoms with Crippen LogP contribution in [0.25, 0.3) is 11.5 Å². The van der Waals surface area contributed by atoms with Crippen LogP contribution in [0.1, 0.15) is 6.92 Å². The minimum absolute atomic E-state index is 0.245. The second kappa shape index (κ2) is 8.75. The molecule has 0 aliphatic carbocycles. The van der Waals surface area contributed by atoms with Gasteiger partial charge in [0.2, 0.25) is 5.91 Å². The van der Waals surface area contributed by atoms with E-state index in [1.54, 1.807) is 32.2 Å². The number of hydrogen-bond acceptors (Lipinski definition) is 7. The van der Waals surface area contributed by atoms with E-state index in [1.807, 2.05) is 0 Å². The Hall–Kier alpha value is -3.07. The van der Waals surface area contributed by atoms with E-state index < -0.39 is 5.25 Å². The molecule has 146 valence electrons. The number of nitrogens with zero attached hydrogens (tertiary/aromatic N) is 2. The first-order chi connectivity index (χ1) is 13.5. The maximum absolute atomic E-state index is 12.9. The van der Waals surface area contributed by atoms with E-state index in [0.29, 0.717) is 22.7 Å². The highest BCUT2D eigenvalue weighted by atomic mass is 32.2. The molecule has 0 radical (unpaired) electrons. The van der Waals surface area contributed by atoms with Gasteiger partial charge in [0.05, 0.1) is 25.0 Å². The van der Waals surface area contributed by atoms with Crippen LogP contribution >= 0.6 is 11.8 Å². The Kier molecular flexibility index (Phi) is 6.15. The van der Waals surface area contributed by atoms with Crippen LogP contribution in [0, 0.1) is 5.82 Å². The van der Waals surface area contributed by atoms with Gasteiger partial charge in [-0.15, -0.1) is 10.2 Å². The lowest BCUT2D eigenvalue weighted by Crippen LogP contribution is -2.22. The Morgan fingerprint density at radius 1 is 1.14 bits per heavy atom. The average molecular weight is 403 g/mol. The fraction of sp³-hybridized carbons (Fsp3) is 0.211. The lowest BCUT2D eigenvalue weighted by molar-refractivity contribution is -0.115. The van der Waals surface area contributed by atoms with Crippen molar-refractivity contribution in [3.63, 3.8) is 0 Å². The van der Waals surface area contributed by atoms with Crippen LogP contribution in [-0.4, -0.2) is 35.6 Å². The molecule has 3 rings (SSSR count). The molecule has 0 saturated carbocycles. The molecule has 28 heavy (non-hydrogen) atoms. The van der Waals surface area contributed by atoms with Gasteiger partial charge in [-0.25, -0.2) is 4.39 Å². The molecule has 2 aromatic carbocycles. The van der Waals surface area contributed by atoms with Crippen molar-refractivity contribution in [3.8, 4) is 23.0 Å². The van der Waals surface area contributed by atoms with Gasteiger partial charge >= 0.3 is 0 Å². The molecule has 7 nitrogen and oxygen atoms in total. The average Bonchev–Trinajstić information content (AvgIpc) is 3.17. The van der Waals surface area contributed by atoms with Crippen molar-refractivity contribution < 1.29 is 23.1 Å². The fourth-order valence-electron chi connectivity index (χ4n) is 2.32. The highest BCUT2D eigenvalue weighted by Crippen LogP contribution is 2.34. The third kappa shape index (κ3) is 4.61. The summed E-state index contributed by atoms with van der Waals surface area (Å²) in [4.78, 5) is 12.3. The first-order valence-corrected chi connectivity index (χ1v) is 9.17. The Bertz CT molecular complexity index is 962. The molecule has 0 fully saturated rings. The summed E-state index contributed by atoms with van der Waals surface area (Å²) in [5.74, 6) is 0.807. The normalized spacial score (nSPS) is 11.7. The topological polar surface area (TPSA) is 86.5 Å². The predicted molar refractivity (Wildman–Crippen MR) is 103 cm³/mol. The summed E-state index contributed by atoms with van der Waals surface area (Å²) in [6.07, 6.45) is 0. The lowest BCUT2D eigenvalue weighted by Gasteiger charge is -2.09. The Morgan fingerprint density at radius 3 is 2.57 bits per heavy atom. The highest BCUT2D eigenvalue weighted by Gasteiger charge is 2.20. The fourth-order valence-corrected chi connectivity index (χ4v) is 3.01. The second-order valence-corrected chi connectivity index (χ2v) is 6.99. The summed E-state index contributed by atoms with van der Waals surface area (Å²) < 4.78 is 29.1. The van der Waals surface area contributed by atoms with Crippen molar-refractivity contribution in [2.75, 3.05) is 19.5 Å². The molecule has 0 unspecified atom stereocenters. The third-order valence-corrected chi connectivity index (χ3v) is 4.74. The Balaban J connectivity index is 1.68. The van der Waals surface area contributed by atoms with Crippen molar-refractivity contribution >= 4 is 23.4 Å². The monoisotopic (exact) mass is 403 g/mol. The van der Waals surface area contributed by atoms with Crippen LogP contribution in [0.4, 0.5) is 10.1 Å². The Morgan fingerprint density at radius 2 is 1.89 bits per heavy atom. The van der Waals surface area contributed by atoms with E-state index in [2.05, 4.69) is 15.5 Å². The van der Waals surface area contributed by atoms with Crippen LogP contribution in [0.3, 0.4) is 0 Å².